The van der Waals surface area contributed by atoms with E-state index >= 15 is 0 Å². The second-order valence-electron chi connectivity index (χ2n) is 2.82. The SMILES string of the molecule is CCc1c(Br)oc2c(F)cccc12. The molecular weight excluding hydrogens is 235 g/mol. The summed E-state index contributed by atoms with van der Waals surface area (Å²) in [6.07, 6.45) is 0.830. The number of rotatable bonds is 1. The second-order valence-corrected chi connectivity index (χ2v) is 3.54. The topological polar surface area (TPSA) is 13.1 Å². The van der Waals surface area contributed by atoms with Crippen LogP contribution in [0.3, 0.4) is 0 Å². The van der Waals surface area contributed by atoms with Crippen LogP contribution in [0.4, 0.5) is 4.39 Å². The molecule has 2 rings (SSSR count). The molecule has 0 aliphatic rings. The molecule has 1 aromatic heterocycles. The number of benzene rings is 1. The van der Waals surface area contributed by atoms with Gasteiger partial charge < -0.3 is 4.42 Å². The maximum atomic E-state index is 13.2. The maximum Gasteiger partial charge on any atom is 0.173 e. The van der Waals surface area contributed by atoms with Gasteiger partial charge >= 0.3 is 0 Å². The number of fused-ring (bicyclic) bond motifs is 1. The molecular formula is C10H8BrFO. The van der Waals surface area contributed by atoms with Crippen molar-refractivity contribution in [3.63, 3.8) is 0 Å². The van der Waals surface area contributed by atoms with Gasteiger partial charge in [-0.3, -0.25) is 0 Å². The molecule has 0 aliphatic carbocycles. The van der Waals surface area contributed by atoms with Crippen molar-refractivity contribution in [3.05, 3.63) is 34.2 Å². The maximum absolute atomic E-state index is 13.2. The van der Waals surface area contributed by atoms with Gasteiger partial charge in [-0.1, -0.05) is 19.1 Å². The van der Waals surface area contributed by atoms with E-state index in [-0.39, 0.29) is 5.82 Å². The molecule has 1 nitrogen and oxygen atoms in total. The van der Waals surface area contributed by atoms with E-state index in [0.29, 0.717) is 10.3 Å². The van der Waals surface area contributed by atoms with Crippen molar-refractivity contribution in [1.82, 2.24) is 0 Å². The normalized spacial score (nSPS) is 11.0. The first-order chi connectivity index (χ1) is 6.24. The summed E-state index contributed by atoms with van der Waals surface area (Å²) in [5, 5.41) is 0.856. The summed E-state index contributed by atoms with van der Waals surface area (Å²) in [7, 11) is 0. The van der Waals surface area contributed by atoms with Crippen molar-refractivity contribution in [2.75, 3.05) is 0 Å². The third-order valence-electron chi connectivity index (χ3n) is 2.07. The summed E-state index contributed by atoms with van der Waals surface area (Å²) in [5.41, 5.74) is 1.36. The van der Waals surface area contributed by atoms with Crippen LogP contribution in [0, 0.1) is 5.82 Å². The molecule has 0 saturated carbocycles. The fraction of sp³-hybridized carbons (Fsp3) is 0.200. The molecule has 0 amide bonds. The van der Waals surface area contributed by atoms with Crippen LogP contribution in [0.1, 0.15) is 12.5 Å². The van der Waals surface area contributed by atoms with Crippen molar-refractivity contribution >= 4 is 26.9 Å². The van der Waals surface area contributed by atoms with E-state index < -0.39 is 0 Å². The third kappa shape index (κ3) is 1.27. The molecule has 1 aromatic carbocycles. The first kappa shape index (κ1) is 8.75. The Labute approximate surface area is 83.7 Å². The molecule has 1 heterocycles. The first-order valence-corrected chi connectivity index (χ1v) is 4.88. The largest absolute Gasteiger partial charge is 0.446 e. The van der Waals surface area contributed by atoms with Crippen LogP contribution in [-0.4, -0.2) is 0 Å². The Balaban J connectivity index is 2.86. The zero-order chi connectivity index (χ0) is 9.42. The monoisotopic (exact) mass is 242 g/mol. The molecule has 68 valence electrons. The minimum Gasteiger partial charge on any atom is -0.446 e. The van der Waals surface area contributed by atoms with Gasteiger partial charge in [0.2, 0.25) is 0 Å². The Bertz CT molecular complexity index is 447. The number of hydrogen-bond acceptors (Lipinski definition) is 1. The van der Waals surface area contributed by atoms with Gasteiger partial charge in [0.1, 0.15) is 0 Å². The molecule has 0 N–H and O–H groups in total. The summed E-state index contributed by atoms with van der Waals surface area (Å²) < 4.78 is 19.1. The lowest BCUT2D eigenvalue weighted by atomic mass is 10.1. The molecule has 0 spiro atoms. The number of furan rings is 1. The average molecular weight is 243 g/mol. The van der Waals surface area contributed by atoms with Crippen LogP contribution >= 0.6 is 15.9 Å². The molecule has 3 heteroatoms. The Morgan fingerprint density at radius 2 is 2.23 bits per heavy atom. The van der Waals surface area contributed by atoms with Crippen LogP contribution in [0.15, 0.2) is 27.3 Å². The van der Waals surface area contributed by atoms with Gasteiger partial charge in [0, 0.05) is 10.9 Å². The number of hydrogen-bond donors (Lipinski definition) is 0. The predicted molar refractivity (Wildman–Crippen MR) is 53.3 cm³/mol. The molecule has 0 bridgehead atoms. The van der Waals surface area contributed by atoms with Gasteiger partial charge in [0.25, 0.3) is 0 Å². The molecule has 0 aliphatic heterocycles. The molecule has 0 radical (unpaired) electrons. The summed E-state index contributed by atoms with van der Waals surface area (Å²) in [5.74, 6) is -0.307. The number of para-hydroxylation sites is 1. The fourth-order valence-corrected chi connectivity index (χ4v) is 2.09. The summed E-state index contributed by atoms with van der Waals surface area (Å²) in [6, 6.07) is 4.96. The molecule has 0 fully saturated rings. The lowest BCUT2D eigenvalue weighted by Gasteiger charge is -1.91. The highest BCUT2D eigenvalue weighted by atomic mass is 79.9. The summed E-state index contributed by atoms with van der Waals surface area (Å²) >= 11 is 3.27. The van der Waals surface area contributed by atoms with E-state index in [4.69, 9.17) is 4.42 Å². The zero-order valence-corrected chi connectivity index (χ0v) is 8.69. The third-order valence-corrected chi connectivity index (χ3v) is 2.72. The predicted octanol–water partition coefficient (Wildman–Crippen LogP) is 3.90. The van der Waals surface area contributed by atoms with Gasteiger partial charge in [-0.25, -0.2) is 4.39 Å². The Kier molecular flexibility index (Phi) is 2.12. The summed E-state index contributed by atoms with van der Waals surface area (Å²) in [4.78, 5) is 0. The van der Waals surface area contributed by atoms with E-state index in [9.17, 15) is 4.39 Å². The number of aryl methyl sites for hydroxylation is 1. The molecule has 13 heavy (non-hydrogen) atoms. The molecule has 0 atom stereocenters. The number of halogens is 2. The molecule has 0 unspecified atom stereocenters. The smallest absolute Gasteiger partial charge is 0.173 e. The van der Waals surface area contributed by atoms with Crippen molar-refractivity contribution in [3.8, 4) is 0 Å². The fourth-order valence-electron chi connectivity index (χ4n) is 1.44. The van der Waals surface area contributed by atoms with Crippen molar-refractivity contribution in [2.24, 2.45) is 0 Å². The first-order valence-electron chi connectivity index (χ1n) is 4.09. The Morgan fingerprint density at radius 3 is 2.92 bits per heavy atom. The van der Waals surface area contributed by atoms with E-state index in [2.05, 4.69) is 15.9 Å². The van der Waals surface area contributed by atoms with E-state index in [1.807, 2.05) is 13.0 Å². The van der Waals surface area contributed by atoms with Crippen molar-refractivity contribution in [2.45, 2.75) is 13.3 Å². The highest BCUT2D eigenvalue weighted by Gasteiger charge is 2.12. The van der Waals surface area contributed by atoms with E-state index in [1.54, 1.807) is 6.07 Å². The van der Waals surface area contributed by atoms with Crippen LogP contribution in [0.25, 0.3) is 11.0 Å². The highest BCUT2D eigenvalue weighted by Crippen LogP contribution is 2.31. The molecule has 2 aromatic rings. The van der Waals surface area contributed by atoms with Crippen LogP contribution in [0.5, 0.6) is 0 Å². The summed E-state index contributed by atoms with van der Waals surface area (Å²) in [6.45, 7) is 2.01. The van der Waals surface area contributed by atoms with Crippen molar-refractivity contribution in [1.29, 1.82) is 0 Å². The van der Waals surface area contributed by atoms with Crippen molar-refractivity contribution < 1.29 is 8.81 Å². The minimum atomic E-state index is -0.307. The average Bonchev–Trinajstić information content (AvgIpc) is 2.43. The Hall–Kier alpha value is -0.830. The second kappa shape index (κ2) is 3.14. The zero-order valence-electron chi connectivity index (χ0n) is 7.10. The van der Waals surface area contributed by atoms with E-state index in [0.717, 1.165) is 17.4 Å². The Morgan fingerprint density at radius 1 is 1.46 bits per heavy atom. The lowest BCUT2D eigenvalue weighted by Crippen LogP contribution is -1.78. The van der Waals surface area contributed by atoms with E-state index in [1.165, 1.54) is 6.07 Å². The van der Waals surface area contributed by atoms with Gasteiger partial charge in [0.15, 0.2) is 16.1 Å². The van der Waals surface area contributed by atoms with Crippen LogP contribution in [-0.2, 0) is 6.42 Å². The quantitative estimate of drug-likeness (QED) is 0.740. The van der Waals surface area contributed by atoms with Gasteiger partial charge in [0.05, 0.1) is 0 Å². The van der Waals surface area contributed by atoms with Gasteiger partial charge in [-0.05, 0) is 28.4 Å². The van der Waals surface area contributed by atoms with Gasteiger partial charge in [-0.2, -0.15) is 0 Å². The lowest BCUT2D eigenvalue weighted by molar-refractivity contribution is 0.540. The van der Waals surface area contributed by atoms with Crippen LogP contribution < -0.4 is 0 Å². The molecule has 0 saturated heterocycles. The standard InChI is InChI=1S/C10H8BrFO/c1-2-6-7-4-3-5-8(12)9(7)13-10(6)11/h3-5H,2H2,1H3. The highest BCUT2D eigenvalue weighted by molar-refractivity contribution is 9.10. The minimum absolute atomic E-state index is 0.307. The van der Waals surface area contributed by atoms with Crippen LogP contribution in [0.2, 0.25) is 0 Å². The van der Waals surface area contributed by atoms with Gasteiger partial charge in [-0.15, -0.1) is 0 Å².